The molecule has 0 spiro atoms. The Morgan fingerprint density at radius 1 is 1.04 bits per heavy atom. The van der Waals surface area contributed by atoms with E-state index in [0.717, 1.165) is 40.3 Å². The van der Waals surface area contributed by atoms with Crippen LogP contribution in [0.25, 0.3) is 21.5 Å². The first kappa shape index (κ1) is 16.1. The highest BCUT2D eigenvalue weighted by Crippen LogP contribution is 2.35. The molecule has 27 heavy (non-hydrogen) atoms. The standard InChI is InChI=1S/C22H17N3OS/c26-20(12-16-13-27-22(24-16)19-6-1-2-11-23-19)25-18-10-9-15-8-7-14-4-3-5-17(18)21(14)15/h1-6,9-11,13H,7-8,12H2,(H,25,26). The molecule has 0 fully saturated rings. The Labute approximate surface area is 160 Å². The van der Waals surface area contributed by atoms with Crippen molar-refractivity contribution in [1.82, 2.24) is 9.97 Å². The van der Waals surface area contributed by atoms with E-state index in [0.29, 0.717) is 0 Å². The number of aryl methyl sites for hydroxylation is 2. The molecule has 132 valence electrons. The van der Waals surface area contributed by atoms with Crippen LogP contribution in [0.15, 0.2) is 60.1 Å². The van der Waals surface area contributed by atoms with E-state index in [1.54, 1.807) is 6.20 Å². The molecule has 0 radical (unpaired) electrons. The number of hydrogen-bond donors (Lipinski definition) is 1. The van der Waals surface area contributed by atoms with Crippen molar-refractivity contribution in [2.24, 2.45) is 0 Å². The van der Waals surface area contributed by atoms with E-state index >= 15 is 0 Å². The number of nitrogens with one attached hydrogen (secondary N) is 1. The minimum atomic E-state index is -0.0495. The van der Waals surface area contributed by atoms with E-state index in [-0.39, 0.29) is 12.3 Å². The number of carbonyl (C=O) groups excluding carboxylic acids is 1. The van der Waals surface area contributed by atoms with E-state index in [4.69, 9.17) is 0 Å². The summed E-state index contributed by atoms with van der Waals surface area (Å²) >= 11 is 1.51. The van der Waals surface area contributed by atoms with Gasteiger partial charge in [0.05, 0.1) is 17.8 Å². The molecule has 5 rings (SSSR count). The zero-order chi connectivity index (χ0) is 18.2. The molecule has 1 aliphatic carbocycles. The van der Waals surface area contributed by atoms with Crippen LogP contribution in [0.2, 0.25) is 0 Å². The minimum absolute atomic E-state index is 0.0495. The number of rotatable bonds is 4. The number of pyridine rings is 1. The summed E-state index contributed by atoms with van der Waals surface area (Å²) in [5.74, 6) is -0.0495. The Balaban J connectivity index is 1.36. The van der Waals surface area contributed by atoms with Crippen LogP contribution in [0.5, 0.6) is 0 Å². The molecule has 0 bridgehead atoms. The third-order valence-corrected chi connectivity index (χ3v) is 5.84. The number of aromatic nitrogens is 2. The Morgan fingerprint density at radius 2 is 1.93 bits per heavy atom. The summed E-state index contributed by atoms with van der Waals surface area (Å²) in [6, 6.07) is 16.2. The highest BCUT2D eigenvalue weighted by atomic mass is 32.1. The lowest BCUT2D eigenvalue weighted by Gasteiger charge is -2.10. The molecular formula is C22H17N3OS. The molecular weight excluding hydrogens is 354 g/mol. The first-order valence-corrected chi connectivity index (χ1v) is 9.85. The summed E-state index contributed by atoms with van der Waals surface area (Å²) in [6.45, 7) is 0. The van der Waals surface area contributed by atoms with Gasteiger partial charge in [-0.25, -0.2) is 4.98 Å². The highest BCUT2D eigenvalue weighted by molar-refractivity contribution is 7.13. The maximum atomic E-state index is 12.6. The van der Waals surface area contributed by atoms with Crippen molar-refractivity contribution in [3.8, 4) is 10.7 Å². The first-order chi connectivity index (χ1) is 13.3. The molecule has 4 nitrogen and oxygen atoms in total. The molecule has 2 heterocycles. The number of anilines is 1. The lowest BCUT2D eigenvalue weighted by molar-refractivity contribution is -0.115. The Kier molecular flexibility index (Phi) is 3.94. The lowest BCUT2D eigenvalue weighted by atomic mass is 10.0. The average molecular weight is 371 g/mol. The number of nitrogens with zero attached hydrogens (tertiary/aromatic N) is 2. The second-order valence-corrected chi connectivity index (χ2v) is 7.55. The number of thiazole rings is 1. The van der Waals surface area contributed by atoms with Crippen LogP contribution in [0.4, 0.5) is 5.69 Å². The molecule has 0 saturated heterocycles. The topological polar surface area (TPSA) is 54.9 Å². The molecule has 0 unspecified atom stereocenters. The summed E-state index contributed by atoms with van der Waals surface area (Å²) < 4.78 is 0. The monoisotopic (exact) mass is 371 g/mol. The van der Waals surface area contributed by atoms with Crippen LogP contribution in [0, 0.1) is 0 Å². The van der Waals surface area contributed by atoms with Gasteiger partial charge in [-0.05, 0) is 47.6 Å². The van der Waals surface area contributed by atoms with E-state index in [2.05, 4.69) is 39.6 Å². The molecule has 1 N–H and O–H groups in total. The van der Waals surface area contributed by atoms with E-state index in [1.165, 1.54) is 27.8 Å². The second kappa shape index (κ2) is 6.59. The van der Waals surface area contributed by atoms with E-state index in [9.17, 15) is 4.79 Å². The Bertz CT molecular complexity index is 1140. The van der Waals surface area contributed by atoms with Crippen molar-refractivity contribution < 1.29 is 4.79 Å². The maximum Gasteiger partial charge on any atom is 0.230 e. The van der Waals surface area contributed by atoms with Crippen LogP contribution in [-0.4, -0.2) is 15.9 Å². The smallest absolute Gasteiger partial charge is 0.230 e. The third-order valence-electron chi connectivity index (χ3n) is 4.93. The summed E-state index contributed by atoms with van der Waals surface area (Å²) in [6.07, 6.45) is 4.17. The highest BCUT2D eigenvalue weighted by Gasteiger charge is 2.17. The Hall–Kier alpha value is -3.05. The zero-order valence-electron chi connectivity index (χ0n) is 14.6. The summed E-state index contributed by atoms with van der Waals surface area (Å²) in [7, 11) is 0. The van der Waals surface area contributed by atoms with Crippen LogP contribution in [0.3, 0.4) is 0 Å². The normalized spacial score (nSPS) is 12.4. The predicted octanol–water partition coefficient (Wildman–Crippen LogP) is 4.64. The Morgan fingerprint density at radius 3 is 2.78 bits per heavy atom. The lowest BCUT2D eigenvalue weighted by Crippen LogP contribution is -2.15. The van der Waals surface area contributed by atoms with Gasteiger partial charge in [-0.15, -0.1) is 11.3 Å². The average Bonchev–Trinajstić information content (AvgIpc) is 3.33. The van der Waals surface area contributed by atoms with Crippen LogP contribution < -0.4 is 5.32 Å². The SMILES string of the molecule is O=C(Cc1csc(-c2ccccn2)n1)Nc1ccc2c3c(cccc13)CC2. The number of amides is 1. The van der Waals surface area contributed by atoms with Gasteiger partial charge in [0.1, 0.15) is 5.01 Å². The van der Waals surface area contributed by atoms with Crippen molar-refractivity contribution in [3.05, 3.63) is 76.9 Å². The van der Waals surface area contributed by atoms with Crippen molar-refractivity contribution in [2.45, 2.75) is 19.3 Å². The van der Waals surface area contributed by atoms with Gasteiger partial charge in [-0.1, -0.05) is 30.3 Å². The predicted molar refractivity (Wildman–Crippen MR) is 109 cm³/mol. The molecule has 2 aromatic carbocycles. The molecule has 1 aliphatic rings. The van der Waals surface area contributed by atoms with Gasteiger partial charge in [-0.2, -0.15) is 0 Å². The third kappa shape index (κ3) is 3.00. The molecule has 0 saturated carbocycles. The first-order valence-electron chi connectivity index (χ1n) is 8.97. The van der Waals surface area contributed by atoms with Crippen molar-refractivity contribution in [1.29, 1.82) is 0 Å². The zero-order valence-corrected chi connectivity index (χ0v) is 15.4. The van der Waals surface area contributed by atoms with Crippen molar-refractivity contribution in [2.75, 3.05) is 5.32 Å². The fourth-order valence-electron chi connectivity index (χ4n) is 3.71. The van der Waals surface area contributed by atoms with Crippen LogP contribution in [0.1, 0.15) is 16.8 Å². The van der Waals surface area contributed by atoms with Gasteiger partial charge in [0, 0.05) is 22.7 Å². The summed E-state index contributed by atoms with van der Waals surface area (Å²) in [5.41, 5.74) is 5.23. The van der Waals surface area contributed by atoms with Crippen molar-refractivity contribution in [3.63, 3.8) is 0 Å². The van der Waals surface area contributed by atoms with Crippen LogP contribution >= 0.6 is 11.3 Å². The van der Waals surface area contributed by atoms with Gasteiger partial charge in [0.25, 0.3) is 0 Å². The molecule has 0 atom stereocenters. The number of benzene rings is 2. The summed E-state index contributed by atoms with van der Waals surface area (Å²) in [5, 5.41) is 8.27. The van der Waals surface area contributed by atoms with Crippen LogP contribution in [-0.2, 0) is 24.1 Å². The fraction of sp³-hybridized carbons (Fsp3) is 0.136. The second-order valence-electron chi connectivity index (χ2n) is 6.70. The quantitative estimate of drug-likeness (QED) is 0.569. The van der Waals surface area contributed by atoms with Gasteiger partial charge in [0.2, 0.25) is 5.91 Å². The number of hydrogen-bond acceptors (Lipinski definition) is 4. The molecule has 0 aliphatic heterocycles. The van der Waals surface area contributed by atoms with E-state index < -0.39 is 0 Å². The fourth-order valence-corrected chi connectivity index (χ4v) is 4.50. The minimum Gasteiger partial charge on any atom is -0.325 e. The van der Waals surface area contributed by atoms with Gasteiger partial charge >= 0.3 is 0 Å². The number of carbonyl (C=O) groups is 1. The molecule has 5 heteroatoms. The van der Waals surface area contributed by atoms with Crippen molar-refractivity contribution >= 4 is 33.7 Å². The molecule has 1 amide bonds. The van der Waals surface area contributed by atoms with Gasteiger partial charge in [-0.3, -0.25) is 9.78 Å². The largest absolute Gasteiger partial charge is 0.325 e. The van der Waals surface area contributed by atoms with E-state index in [1.807, 2.05) is 29.6 Å². The molecule has 4 aromatic rings. The summed E-state index contributed by atoms with van der Waals surface area (Å²) in [4.78, 5) is 21.5. The van der Waals surface area contributed by atoms with Gasteiger partial charge < -0.3 is 5.32 Å². The maximum absolute atomic E-state index is 12.6. The molecule has 2 aromatic heterocycles. The van der Waals surface area contributed by atoms with Gasteiger partial charge in [0.15, 0.2) is 0 Å².